The van der Waals surface area contributed by atoms with Crippen LogP contribution >= 0.6 is 27.7 Å². The number of hydrogen-bond donors (Lipinski definition) is 3. The minimum absolute atomic E-state index is 0.195. The van der Waals surface area contributed by atoms with Gasteiger partial charge in [0.2, 0.25) is 0 Å². The number of rotatable bonds is 5. The predicted molar refractivity (Wildman–Crippen MR) is 75.6 cm³/mol. The van der Waals surface area contributed by atoms with E-state index in [9.17, 15) is 4.79 Å². The van der Waals surface area contributed by atoms with Crippen LogP contribution in [0.4, 0.5) is 0 Å². The number of nitrogen functional groups attached to an aromatic ring is 1. The first kappa shape index (κ1) is 14.5. The highest BCUT2D eigenvalue weighted by Gasteiger charge is 2.07. The van der Waals surface area contributed by atoms with Crippen molar-refractivity contribution in [3.8, 4) is 0 Å². The number of hydrogen-bond acceptors (Lipinski definition) is 4. The first-order valence-electron chi connectivity index (χ1n) is 5.17. The van der Waals surface area contributed by atoms with E-state index in [1.54, 1.807) is 23.9 Å². The molecule has 0 heterocycles. The molecule has 0 aliphatic heterocycles. The molecule has 0 bridgehead atoms. The van der Waals surface area contributed by atoms with Crippen LogP contribution in [0.2, 0.25) is 0 Å². The Kier molecular flexibility index (Phi) is 5.97. The summed E-state index contributed by atoms with van der Waals surface area (Å²) in [7, 11) is 0. The Balaban J connectivity index is 2.66. The molecule has 1 unspecified atom stereocenters. The second kappa shape index (κ2) is 7.00. The zero-order valence-corrected chi connectivity index (χ0v) is 12.0. The first-order chi connectivity index (χ1) is 8.04. The molecule has 0 aliphatic carbocycles. The second-order valence-electron chi connectivity index (χ2n) is 3.77. The van der Waals surface area contributed by atoms with E-state index < -0.39 is 0 Å². The zero-order valence-electron chi connectivity index (χ0n) is 9.57. The maximum Gasteiger partial charge on any atom is 0.265 e. The van der Waals surface area contributed by atoms with Gasteiger partial charge in [0.25, 0.3) is 5.91 Å². The van der Waals surface area contributed by atoms with Crippen molar-refractivity contribution in [1.82, 2.24) is 5.43 Å². The molecule has 0 aromatic heterocycles. The summed E-state index contributed by atoms with van der Waals surface area (Å²) < 4.78 is 0.913. The van der Waals surface area contributed by atoms with Crippen molar-refractivity contribution in [3.05, 3.63) is 33.8 Å². The fourth-order valence-corrected chi connectivity index (χ4v) is 2.91. The van der Waals surface area contributed by atoms with E-state index in [1.807, 2.05) is 13.0 Å². The molecule has 0 radical (unpaired) electrons. The van der Waals surface area contributed by atoms with Crippen molar-refractivity contribution in [1.29, 1.82) is 0 Å². The molecule has 1 atom stereocenters. The van der Waals surface area contributed by atoms with E-state index in [-0.39, 0.29) is 11.9 Å². The molecule has 0 saturated heterocycles. The number of thioether (sulfide) groups is 1. The van der Waals surface area contributed by atoms with Gasteiger partial charge in [0.15, 0.2) is 0 Å². The zero-order chi connectivity index (χ0) is 12.8. The Morgan fingerprint density at radius 2 is 2.29 bits per heavy atom. The SMILES string of the molecule is CC(N)CSCc1ccc(C(=O)NN)cc1Br. The third-order valence-electron chi connectivity index (χ3n) is 2.08. The smallest absolute Gasteiger partial charge is 0.265 e. The number of carbonyl (C=O) groups excluding carboxylic acids is 1. The van der Waals surface area contributed by atoms with Gasteiger partial charge in [-0.3, -0.25) is 10.2 Å². The third-order valence-corrected chi connectivity index (χ3v) is 4.10. The Labute approximate surface area is 114 Å². The lowest BCUT2D eigenvalue weighted by molar-refractivity contribution is 0.0953. The van der Waals surface area contributed by atoms with Crippen molar-refractivity contribution in [3.63, 3.8) is 0 Å². The molecule has 0 spiro atoms. The number of benzene rings is 1. The maximum absolute atomic E-state index is 11.3. The van der Waals surface area contributed by atoms with Gasteiger partial charge in [-0.05, 0) is 24.6 Å². The van der Waals surface area contributed by atoms with Crippen molar-refractivity contribution in [2.45, 2.75) is 18.7 Å². The summed E-state index contributed by atoms with van der Waals surface area (Å²) in [5.41, 5.74) is 9.47. The van der Waals surface area contributed by atoms with Gasteiger partial charge in [-0.25, -0.2) is 5.84 Å². The van der Waals surface area contributed by atoms with Gasteiger partial charge in [-0.2, -0.15) is 11.8 Å². The van der Waals surface area contributed by atoms with Gasteiger partial charge < -0.3 is 5.73 Å². The number of hydrazine groups is 1. The van der Waals surface area contributed by atoms with Crippen LogP contribution in [0.1, 0.15) is 22.8 Å². The van der Waals surface area contributed by atoms with Crippen LogP contribution in [0, 0.1) is 0 Å². The highest BCUT2D eigenvalue weighted by Crippen LogP contribution is 2.23. The summed E-state index contributed by atoms with van der Waals surface area (Å²) in [5, 5.41) is 0. The Morgan fingerprint density at radius 1 is 1.59 bits per heavy atom. The van der Waals surface area contributed by atoms with Crippen LogP contribution in [0.3, 0.4) is 0 Å². The maximum atomic E-state index is 11.3. The Bertz CT molecular complexity index is 398. The molecule has 0 saturated carbocycles. The lowest BCUT2D eigenvalue weighted by Crippen LogP contribution is -2.29. The van der Waals surface area contributed by atoms with Gasteiger partial charge in [0.1, 0.15) is 0 Å². The van der Waals surface area contributed by atoms with Crippen molar-refractivity contribution in [2.75, 3.05) is 5.75 Å². The van der Waals surface area contributed by atoms with Crippen LogP contribution in [0.15, 0.2) is 22.7 Å². The molecule has 0 aliphatic rings. The van der Waals surface area contributed by atoms with E-state index in [4.69, 9.17) is 11.6 Å². The van der Waals surface area contributed by atoms with Crippen LogP contribution in [0.5, 0.6) is 0 Å². The standard InChI is InChI=1S/C11H16BrN3OS/c1-7(13)5-17-6-9-3-2-8(4-10(9)12)11(16)15-14/h2-4,7H,5-6,13-14H2,1H3,(H,15,16). The Hall–Kier alpha value is -0.560. The third kappa shape index (κ3) is 4.67. The fourth-order valence-electron chi connectivity index (χ4n) is 1.24. The highest BCUT2D eigenvalue weighted by atomic mass is 79.9. The largest absolute Gasteiger partial charge is 0.327 e. The quantitative estimate of drug-likeness (QED) is 0.438. The van der Waals surface area contributed by atoms with Crippen LogP contribution in [0.25, 0.3) is 0 Å². The molecule has 94 valence electrons. The average Bonchev–Trinajstić information content (AvgIpc) is 2.29. The molecule has 6 heteroatoms. The van der Waals surface area contributed by atoms with Crippen molar-refractivity contribution in [2.24, 2.45) is 11.6 Å². The number of halogens is 1. The molecule has 1 rings (SSSR count). The lowest BCUT2D eigenvalue weighted by atomic mass is 10.1. The molecule has 1 aromatic carbocycles. The summed E-state index contributed by atoms with van der Waals surface area (Å²) in [6.07, 6.45) is 0. The monoisotopic (exact) mass is 317 g/mol. The van der Waals surface area contributed by atoms with Crippen molar-refractivity contribution < 1.29 is 4.79 Å². The molecule has 17 heavy (non-hydrogen) atoms. The fraction of sp³-hybridized carbons (Fsp3) is 0.364. The summed E-state index contributed by atoms with van der Waals surface area (Å²) in [5.74, 6) is 6.56. The molecule has 1 amide bonds. The minimum atomic E-state index is -0.291. The second-order valence-corrected chi connectivity index (χ2v) is 5.66. The molecule has 0 fully saturated rings. The van der Waals surface area contributed by atoms with E-state index in [2.05, 4.69) is 21.4 Å². The summed E-state index contributed by atoms with van der Waals surface area (Å²) >= 11 is 5.21. The number of amides is 1. The molecule has 1 aromatic rings. The lowest BCUT2D eigenvalue weighted by Gasteiger charge is -2.08. The summed E-state index contributed by atoms with van der Waals surface area (Å²) in [6, 6.07) is 5.64. The number of nitrogens with one attached hydrogen (secondary N) is 1. The normalized spacial score (nSPS) is 12.2. The topological polar surface area (TPSA) is 81.1 Å². The van der Waals surface area contributed by atoms with Gasteiger partial charge >= 0.3 is 0 Å². The van der Waals surface area contributed by atoms with Crippen LogP contribution < -0.4 is 17.0 Å². The van der Waals surface area contributed by atoms with Gasteiger partial charge in [0, 0.05) is 27.6 Å². The number of nitrogens with two attached hydrogens (primary N) is 2. The van der Waals surface area contributed by atoms with Gasteiger partial charge in [-0.1, -0.05) is 22.0 Å². The molecule has 4 nitrogen and oxygen atoms in total. The van der Waals surface area contributed by atoms with E-state index in [1.165, 1.54) is 0 Å². The minimum Gasteiger partial charge on any atom is -0.327 e. The van der Waals surface area contributed by atoms with Crippen molar-refractivity contribution >= 4 is 33.6 Å². The highest BCUT2D eigenvalue weighted by molar-refractivity contribution is 9.10. The van der Waals surface area contributed by atoms with Gasteiger partial charge in [0.05, 0.1) is 0 Å². The summed E-state index contributed by atoms with van der Waals surface area (Å²) in [6.45, 7) is 1.98. The molecular weight excluding hydrogens is 302 g/mol. The summed E-state index contributed by atoms with van der Waals surface area (Å²) in [4.78, 5) is 11.3. The first-order valence-corrected chi connectivity index (χ1v) is 7.12. The predicted octanol–water partition coefficient (Wildman–Crippen LogP) is 1.63. The van der Waals surface area contributed by atoms with Gasteiger partial charge in [-0.15, -0.1) is 0 Å². The van der Waals surface area contributed by atoms with Crippen LogP contribution in [-0.2, 0) is 5.75 Å². The average molecular weight is 318 g/mol. The molecular formula is C11H16BrN3OS. The Morgan fingerprint density at radius 3 is 2.82 bits per heavy atom. The number of carbonyl (C=O) groups is 1. The van der Waals surface area contributed by atoms with E-state index in [0.29, 0.717) is 5.56 Å². The van der Waals surface area contributed by atoms with E-state index in [0.717, 1.165) is 21.5 Å². The molecule has 5 N–H and O–H groups in total. The van der Waals surface area contributed by atoms with E-state index >= 15 is 0 Å². The van der Waals surface area contributed by atoms with Crippen LogP contribution in [-0.4, -0.2) is 17.7 Å².